The number of amides is 1. The summed E-state index contributed by atoms with van der Waals surface area (Å²) >= 11 is 1.48. The molecule has 0 bridgehead atoms. The van der Waals surface area contributed by atoms with Gasteiger partial charge in [0.05, 0.1) is 5.56 Å². The molecule has 1 aromatic heterocycles. The Kier molecular flexibility index (Phi) is 5.70. The lowest BCUT2D eigenvalue weighted by Gasteiger charge is -2.07. The second-order valence-corrected chi connectivity index (χ2v) is 5.97. The molecule has 1 aromatic carbocycles. The molecule has 0 aliphatic heterocycles. The molecule has 0 fully saturated rings. The predicted octanol–water partition coefficient (Wildman–Crippen LogP) is 4.26. The molecule has 0 atom stereocenters. The molecule has 8 heteroatoms. The van der Waals surface area contributed by atoms with Crippen molar-refractivity contribution in [3.63, 3.8) is 0 Å². The van der Waals surface area contributed by atoms with Gasteiger partial charge in [-0.2, -0.15) is 24.9 Å². The molecule has 2 aromatic rings. The molecule has 1 N–H and O–H groups in total. The van der Waals surface area contributed by atoms with Gasteiger partial charge in [-0.05, 0) is 24.6 Å². The molecule has 1 amide bonds. The van der Waals surface area contributed by atoms with Crippen molar-refractivity contribution in [2.24, 2.45) is 0 Å². The summed E-state index contributed by atoms with van der Waals surface area (Å²) in [6.07, 6.45) is -4.03. The molecule has 2 rings (SSSR count). The average Bonchev–Trinajstić information content (AvgIpc) is 2.88. The first-order chi connectivity index (χ1) is 10.8. The Bertz CT molecular complexity index is 653. The van der Waals surface area contributed by atoms with E-state index in [1.54, 1.807) is 13.0 Å². The summed E-state index contributed by atoms with van der Waals surface area (Å²) < 4.78 is 42.1. The van der Waals surface area contributed by atoms with E-state index < -0.39 is 11.7 Å². The van der Waals surface area contributed by atoms with E-state index in [9.17, 15) is 18.0 Å². The van der Waals surface area contributed by atoms with Crippen LogP contribution in [0, 0.1) is 6.92 Å². The van der Waals surface area contributed by atoms with Crippen LogP contribution in [0.15, 0.2) is 34.9 Å². The van der Waals surface area contributed by atoms with Crippen LogP contribution < -0.4 is 5.32 Å². The number of benzene rings is 1. The van der Waals surface area contributed by atoms with Crippen molar-refractivity contribution in [1.82, 2.24) is 5.16 Å². The van der Waals surface area contributed by atoms with Crippen LogP contribution in [0.1, 0.15) is 23.3 Å². The smallest absolute Gasteiger partial charge is 0.360 e. The van der Waals surface area contributed by atoms with Gasteiger partial charge in [-0.15, -0.1) is 0 Å². The maximum atomic E-state index is 12.4. The quantitative estimate of drug-likeness (QED) is 0.796. The van der Waals surface area contributed by atoms with Gasteiger partial charge in [0, 0.05) is 24.0 Å². The molecule has 0 aliphatic carbocycles. The molecule has 0 spiro atoms. The van der Waals surface area contributed by atoms with E-state index in [4.69, 9.17) is 4.52 Å². The summed E-state index contributed by atoms with van der Waals surface area (Å²) in [7, 11) is 0. The lowest BCUT2D eigenvalue weighted by atomic mass is 10.1. The van der Waals surface area contributed by atoms with Crippen molar-refractivity contribution in [2.45, 2.75) is 25.3 Å². The molecular formula is C15H15F3N2O2S. The van der Waals surface area contributed by atoms with Crippen LogP contribution in [0.3, 0.4) is 0 Å². The Morgan fingerprint density at radius 1 is 1.30 bits per heavy atom. The minimum Gasteiger partial charge on any atom is -0.360 e. The Morgan fingerprint density at radius 2 is 2.00 bits per heavy atom. The fraction of sp³-hybridized carbons (Fsp3) is 0.333. The Labute approximate surface area is 135 Å². The van der Waals surface area contributed by atoms with Gasteiger partial charge in [0.1, 0.15) is 5.76 Å². The maximum absolute atomic E-state index is 12.4. The van der Waals surface area contributed by atoms with Gasteiger partial charge < -0.3 is 9.84 Å². The van der Waals surface area contributed by atoms with Crippen LogP contribution in [-0.2, 0) is 16.7 Å². The van der Waals surface area contributed by atoms with Crippen molar-refractivity contribution in [3.05, 3.63) is 47.2 Å². The van der Waals surface area contributed by atoms with Crippen molar-refractivity contribution in [1.29, 1.82) is 0 Å². The van der Waals surface area contributed by atoms with Crippen LogP contribution in [0.4, 0.5) is 19.0 Å². The van der Waals surface area contributed by atoms with Crippen LogP contribution >= 0.6 is 11.8 Å². The molecule has 124 valence electrons. The largest absolute Gasteiger partial charge is 0.416 e. The summed E-state index contributed by atoms with van der Waals surface area (Å²) in [5.74, 6) is 1.91. The highest BCUT2D eigenvalue weighted by molar-refractivity contribution is 7.98. The van der Waals surface area contributed by atoms with Crippen LogP contribution in [0.25, 0.3) is 0 Å². The highest BCUT2D eigenvalue weighted by Crippen LogP contribution is 2.29. The fourth-order valence-corrected chi connectivity index (χ4v) is 2.68. The molecule has 4 nitrogen and oxygen atoms in total. The molecular weight excluding hydrogens is 329 g/mol. The number of nitrogens with zero attached hydrogens (tertiary/aromatic N) is 1. The second-order valence-electron chi connectivity index (χ2n) is 4.87. The number of rotatable bonds is 6. The van der Waals surface area contributed by atoms with Gasteiger partial charge in [0.2, 0.25) is 5.91 Å². The number of nitrogens with one attached hydrogen (secondary N) is 1. The molecule has 1 heterocycles. The van der Waals surface area contributed by atoms with Gasteiger partial charge in [-0.1, -0.05) is 17.3 Å². The third kappa shape index (κ3) is 5.63. The van der Waals surface area contributed by atoms with E-state index in [2.05, 4.69) is 10.5 Å². The van der Waals surface area contributed by atoms with Crippen molar-refractivity contribution >= 4 is 23.5 Å². The Morgan fingerprint density at radius 3 is 2.57 bits per heavy atom. The summed E-state index contributed by atoms with van der Waals surface area (Å²) in [5, 5.41) is 6.26. The van der Waals surface area contributed by atoms with Gasteiger partial charge in [0.15, 0.2) is 5.82 Å². The number of anilines is 1. The predicted molar refractivity (Wildman–Crippen MR) is 82.1 cm³/mol. The second kappa shape index (κ2) is 7.54. The first kappa shape index (κ1) is 17.4. The van der Waals surface area contributed by atoms with E-state index >= 15 is 0 Å². The van der Waals surface area contributed by atoms with Gasteiger partial charge >= 0.3 is 6.18 Å². The average molecular weight is 344 g/mol. The first-order valence-electron chi connectivity index (χ1n) is 6.81. The van der Waals surface area contributed by atoms with Crippen LogP contribution in [-0.4, -0.2) is 16.8 Å². The molecule has 0 unspecified atom stereocenters. The number of carbonyl (C=O) groups excluding carboxylic acids is 1. The Balaban J connectivity index is 1.70. The molecule has 0 saturated carbocycles. The number of hydrogen-bond donors (Lipinski definition) is 1. The van der Waals surface area contributed by atoms with E-state index in [0.29, 0.717) is 23.1 Å². The molecule has 0 saturated heterocycles. The van der Waals surface area contributed by atoms with Gasteiger partial charge in [-0.3, -0.25) is 4.79 Å². The number of hydrogen-bond acceptors (Lipinski definition) is 4. The highest BCUT2D eigenvalue weighted by Gasteiger charge is 2.29. The number of carbonyl (C=O) groups is 1. The zero-order valence-corrected chi connectivity index (χ0v) is 13.1. The minimum atomic E-state index is -4.32. The van der Waals surface area contributed by atoms with Gasteiger partial charge in [-0.25, -0.2) is 0 Å². The number of alkyl halides is 3. The van der Waals surface area contributed by atoms with E-state index in [1.165, 1.54) is 23.9 Å². The SMILES string of the molecule is Cc1cc(NC(=O)CCSCc2ccc(C(F)(F)F)cc2)no1. The summed E-state index contributed by atoms with van der Waals surface area (Å²) in [5.41, 5.74) is 0.129. The molecule has 23 heavy (non-hydrogen) atoms. The van der Waals surface area contributed by atoms with Crippen molar-refractivity contribution in [3.8, 4) is 0 Å². The summed E-state index contributed by atoms with van der Waals surface area (Å²) in [6, 6.07) is 6.65. The normalized spacial score (nSPS) is 11.5. The number of halogens is 3. The standard InChI is InChI=1S/C15H15F3N2O2S/c1-10-8-13(20-22-10)19-14(21)6-7-23-9-11-2-4-12(5-3-11)15(16,17)18/h2-5,8H,6-7,9H2,1H3,(H,19,20,21). The minimum absolute atomic E-state index is 0.182. The fourth-order valence-electron chi connectivity index (χ4n) is 1.78. The lowest BCUT2D eigenvalue weighted by molar-refractivity contribution is -0.137. The number of thioether (sulfide) groups is 1. The van der Waals surface area contributed by atoms with E-state index in [-0.39, 0.29) is 12.3 Å². The van der Waals surface area contributed by atoms with Crippen molar-refractivity contribution in [2.75, 3.05) is 11.1 Å². The zero-order valence-electron chi connectivity index (χ0n) is 12.3. The Hall–Kier alpha value is -1.96. The third-order valence-electron chi connectivity index (χ3n) is 2.92. The lowest BCUT2D eigenvalue weighted by Crippen LogP contribution is -2.12. The molecule has 0 radical (unpaired) electrons. The highest BCUT2D eigenvalue weighted by atomic mass is 32.2. The van der Waals surface area contributed by atoms with Crippen LogP contribution in [0.5, 0.6) is 0 Å². The van der Waals surface area contributed by atoms with Crippen LogP contribution in [0.2, 0.25) is 0 Å². The van der Waals surface area contributed by atoms with E-state index in [0.717, 1.165) is 17.7 Å². The number of aromatic nitrogens is 1. The summed E-state index contributed by atoms with van der Waals surface area (Å²) in [6.45, 7) is 1.72. The zero-order chi connectivity index (χ0) is 16.9. The van der Waals surface area contributed by atoms with Crippen molar-refractivity contribution < 1.29 is 22.5 Å². The topological polar surface area (TPSA) is 55.1 Å². The monoisotopic (exact) mass is 344 g/mol. The summed E-state index contributed by atoms with van der Waals surface area (Å²) in [4.78, 5) is 11.7. The van der Waals surface area contributed by atoms with E-state index in [1.807, 2.05) is 0 Å². The third-order valence-corrected chi connectivity index (χ3v) is 3.95. The van der Waals surface area contributed by atoms with Gasteiger partial charge in [0.25, 0.3) is 0 Å². The maximum Gasteiger partial charge on any atom is 0.416 e. The molecule has 0 aliphatic rings. The first-order valence-corrected chi connectivity index (χ1v) is 7.97. The number of aryl methyl sites for hydroxylation is 1.